The second-order valence-electron chi connectivity index (χ2n) is 17.4. The summed E-state index contributed by atoms with van der Waals surface area (Å²) in [5.41, 5.74) is 3.27. The van der Waals surface area contributed by atoms with Gasteiger partial charge in [-0.05, 0) is 99.7 Å². The minimum Gasteiger partial charge on any atom is -0.444 e. The molecule has 5 amide bonds. The number of nitrogens with zero attached hydrogens (tertiary/aromatic N) is 8. The molecule has 0 saturated carbocycles. The third kappa shape index (κ3) is 12.2. The van der Waals surface area contributed by atoms with Crippen molar-refractivity contribution in [2.24, 2.45) is 7.05 Å². The number of rotatable bonds is 19. The Balaban J connectivity index is 0.795. The van der Waals surface area contributed by atoms with Crippen LogP contribution in [0.25, 0.3) is 28.2 Å². The van der Waals surface area contributed by atoms with E-state index in [0.717, 1.165) is 43.0 Å². The van der Waals surface area contributed by atoms with Crippen LogP contribution in [0.4, 0.5) is 24.7 Å². The first-order valence-electron chi connectivity index (χ1n) is 23.2. The predicted octanol–water partition coefficient (Wildman–Crippen LogP) is 4.72. The van der Waals surface area contributed by atoms with Gasteiger partial charge in [0, 0.05) is 76.7 Å². The summed E-state index contributed by atoms with van der Waals surface area (Å²) >= 11 is 0. The van der Waals surface area contributed by atoms with Crippen molar-refractivity contribution >= 4 is 52.1 Å². The molecule has 20 nitrogen and oxygen atoms in total. The summed E-state index contributed by atoms with van der Waals surface area (Å²) in [5, 5.41) is 14.7. The minimum atomic E-state index is -4.46. The van der Waals surface area contributed by atoms with E-state index in [4.69, 9.17) is 9.15 Å². The van der Waals surface area contributed by atoms with E-state index in [1.54, 1.807) is 36.2 Å². The first kappa shape index (κ1) is 49.8. The molecule has 6 aromatic rings. The number of alkyl halides is 3. The van der Waals surface area contributed by atoms with Gasteiger partial charge in [-0.3, -0.25) is 38.4 Å². The molecule has 2 fully saturated rings. The number of aryl methyl sites for hydroxylation is 2. The standard InChI is InChI=1S/C48H53F3N12O8/c1-59-19-21-61(22-20-59)46(68)41-34(55-43(66)35-28-71-45(56-35)32-16-18-52-39(26-32)54-29-48(49,50)51)27-62(58-41)33-11-9-31(10-12-33)42(65)53-17-4-6-24-70-23-5-3-7-30-8-13-36-38(25-30)60(2)47(69)63(36)37-14-15-40(64)57-44(37)67/h8-13,16,18,25-28,37H,3-7,14-15,17,19-24,29H2,1-2H3,(H,52,54)(H,53,65)(H,55,66)(H,57,64,67). The Morgan fingerprint density at radius 3 is 2.41 bits per heavy atom. The van der Waals surface area contributed by atoms with Crippen molar-refractivity contribution in [3.8, 4) is 17.1 Å². The number of unbranched alkanes of at least 4 members (excludes halogenated alkanes) is 2. The molecule has 2 aliphatic rings. The largest absolute Gasteiger partial charge is 0.444 e. The number of piperidine rings is 1. The van der Waals surface area contributed by atoms with Gasteiger partial charge in [-0.1, -0.05) is 6.07 Å². The predicted molar refractivity (Wildman–Crippen MR) is 253 cm³/mol. The Labute approximate surface area is 404 Å². The van der Waals surface area contributed by atoms with E-state index in [0.29, 0.717) is 69.1 Å². The zero-order chi connectivity index (χ0) is 50.2. The maximum atomic E-state index is 13.8. The van der Waals surface area contributed by atoms with Gasteiger partial charge in [-0.25, -0.2) is 19.4 Å². The molecule has 0 aliphatic carbocycles. The first-order valence-corrected chi connectivity index (χ1v) is 23.2. The third-order valence-corrected chi connectivity index (χ3v) is 12.2. The van der Waals surface area contributed by atoms with Crippen LogP contribution in [0.5, 0.6) is 0 Å². The Hall–Kier alpha value is -7.66. The second-order valence-corrected chi connectivity index (χ2v) is 17.4. The molecule has 0 bridgehead atoms. The van der Waals surface area contributed by atoms with Crippen LogP contribution in [0.2, 0.25) is 0 Å². The Bertz CT molecular complexity index is 2970. The number of hydrogen-bond acceptors (Lipinski definition) is 13. The van der Waals surface area contributed by atoms with Crippen LogP contribution in [0.1, 0.15) is 81.5 Å². The normalized spacial score (nSPS) is 15.5. The van der Waals surface area contributed by atoms with Gasteiger partial charge in [0.2, 0.25) is 17.7 Å². The lowest BCUT2D eigenvalue weighted by Crippen LogP contribution is -2.47. The van der Waals surface area contributed by atoms with Gasteiger partial charge in [-0.15, -0.1) is 0 Å². The highest BCUT2D eigenvalue weighted by Gasteiger charge is 2.32. The Morgan fingerprint density at radius 1 is 0.901 bits per heavy atom. The molecular formula is C48H53F3N12O8. The van der Waals surface area contributed by atoms with Crippen molar-refractivity contribution in [1.29, 1.82) is 0 Å². The molecule has 2 aliphatic heterocycles. The maximum absolute atomic E-state index is 13.8. The SMILES string of the molecule is CN1CCN(C(=O)c2nn(-c3ccc(C(=O)NCCCCOCCCCc4ccc5c(c4)n(C)c(=O)n5C4CCC(=O)NC4=O)cc3)cc2NC(=O)c2coc(-c3ccnc(NCC(F)(F)F)c3)n2)CC1. The van der Waals surface area contributed by atoms with E-state index < -0.39 is 36.5 Å². The van der Waals surface area contributed by atoms with Gasteiger partial charge in [0.05, 0.1) is 28.6 Å². The number of anilines is 2. The van der Waals surface area contributed by atoms with Gasteiger partial charge in [0.1, 0.15) is 24.7 Å². The number of pyridine rings is 1. The molecule has 0 radical (unpaired) electrons. The van der Waals surface area contributed by atoms with Gasteiger partial charge >= 0.3 is 11.9 Å². The molecule has 4 N–H and O–H groups in total. The van der Waals surface area contributed by atoms with Gasteiger partial charge in [0.15, 0.2) is 11.4 Å². The van der Waals surface area contributed by atoms with E-state index >= 15 is 0 Å². The van der Waals surface area contributed by atoms with Gasteiger partial charge < -0.3 is 34.9 Å². The molecular weight excluding hydrogens is 930 g/mol. The smallest absolute Gasteiger partial charge is 0.405 e. The molecule has 0 spiro atoms. The summed E-state index contributed by atoms with van der Waals surface area (Å²) < 4.78 is 54.0. The fourth-order valence-electron chi connectivity index (χ4n) is 8.29. The number of halogens is 3. The topological polar surface area (TPSA) is 233 Å². The summed E-state index contributed by atoms with van der Waals surface area (Å²) in [6, 6.07) is 14.4. The molecule has 4 aromatic heterocycles. The average molecular weight is 983 g/mol. The number of piperazine rings is 1. The highest BCUT2D eigenvalue weighted by atomic mass is 19.4. The fraction of sp³-hybridized carbons (Fsp3) is 0.396. The van der Waals surface area contributed by atoms with E-state index in [9.17, 15) is 41.9 Å². The molecule has 71 heavy (non-hydrogen) atoms. The molecule has 23 heteroatoms. The quantitative estimate of drug-likeness (QED) is 0.0637. The van der Waals surface area contributed by atoms with Crippen molar-refractivity contribution in [3.05, 3.63) is 106 Å². The number of carbonyl (C=O) groups is 5. The first-order chi connectivity index (χ1) is 34.1. The number of likely N-dealkylation sites (N-methyl/N-ethyl adjacent to an activating group) is 1. The molecule has 8 rings (SSSR count). The summed E-state index contributed by atoms with van der Waals surface area (Å²) in [6.45, 7) is 2.47. The lowest BCUT2D eigenvalue weighted by Gasteiger charge is -2.32. The number of benzene rings is 2. The monoisotopic (exact) mass is 982 g/mol. The zero-order valence-corrected chi connectivity index (χ0v) is 39.1. The minimum absolute atomic E-state index is 0.0162. The summed E-state index contributed by atoms with van der Waals surface area (Å²) in [6.07, 6.45) is 3.81. The second kappa shape index (κ2) is 22.0. The number of ether oxygens (including phenoxy) is 1. The summed E-state index contributed by atoms with van der Waals surface area (Å²) in [5.74, 6) is -2.29. The maximum Gasteiger partial charge on any atom is 0.405 e. The van der Waals surface area contributed by atoms with Crippen molar-refractivity contribution in [3.63, 3.8) is 0 Å². The number of fused-ring (bicyclic) bond motifs is 1. The zero-order valence-electron chi connectivity index (χ0n) is 39.1. The van der Waals surface area contributed by atoms with E-state index in [1.807, 2.05) is 25.2 Å². The summed E-state index contributed by atoms with van der Waals surface area (Å²) in [4.78, 5) is 89.4. The average Bonchev–Trinajstić information content (AvgIpc) is 4.08. The van der Waals surface area contributed by atoms with E-state index in [1.165, 1.54) is 38.3 Å². The fourth-order valence-corrected chi connectivity index (χ4v) is 8.29. The van der Waals surface area contributed by atoms with Gasteiger partial charge in [-0.2, -0.15) is 18.3 Å². The number of carbonyl (C=O) groups excluding carboxylic acids is 5. The molecule has 6 heterocycles. The molecule has 1 atom stereocenters. The highest BCUT2D eigenvalue weighted by Crippen LogP contribution is 2.27. The number of imide groups is 1. The van der Waals surface area contributed by atoms with Crippen LogP contribution in [-0.2, 0) is 27.8 Å². The van der Waals surface area contributed by atoms with Crippen LogP contribution in [-0.4, -0.2) is 134 Å². The lowest BCUT2D eigenvalue weighted by molar-refractivity contribution is -0.135. The number of nitrogens with one attached hydrogen (secondary N) is 4. The summed E-state index contributed by atoms with van der Waals surface area (Å²) in [7, 11) is 3.63. The van der Waals surface area contributed by atoms with Crippen molar-refractivity contribution in [2.75, 3.05) is 70.2 Å². The number of oxazole rings is 1. The van der Waals surface area contributed by atoms with Crippen molar-refractivity contribution < 1.29 is 46.3 Å². The van der Waals surface area contributed by atoms with Crippen molar-refractivity contribution in [2.45, 2.75) is 57.2 Å². The molecule has 2 saturated heterocycles. The van der Waals surface area contributed by atoms with Crippen LogP contribution >= 0.6 is 0 Å². The number of amides is 5. The van der Waals surface area contributed by atoms with Crippen LogP contribution in [0.3, 0.4) is 0 Å². The molecule has 1 unspecified atom stereocenters. The van der Waals surface area contributed by atoms with E-state index in [-0.39, 0.29) is 64.7 Å². The number of imidazole rings is 1. The van der Waals surface area contributed by atoms with E-state index in [2.05, 4.69) is 41.2 Å². The third-order valence-electron chi connectivity index (χ3n) is 12.2. The van der Waals surface area contributed by atoms with Crippen molar-refractivity contribution in [1.82, 2.24) is 49.3 Å². The number of hydrogen-bond donors (Lipinski definition) is 4. The molecule has 2 aromatic carbocycles. The van der Waals surface area contributed by atoms with Crippen LogP contribution in [0, 0.1) is 0 Å². The number of aromatic nitrogens is 6. The van der Waals surface area contributed by atoms with Crippen LogP contribution < -0.4 is 27.0 Å². The highest BCUT2D eigenvalue weighted by molar-refractivity contribution is 6.07. The molecule has 374 valence electrons. The van der Waals surface area contributed by atoms with Crippen LogP contribution in [0.15, 0.2) is 82.5 Å². The lowest BCUT2D eigenvalue weighted by atomic mass is 10.0. The Morgan fingerprint density at radius 2 is 1.66 bits per heavy atom. The van der Waals surface area contributed by atoms with Gasteiger partial charge in [0.25, 0.3) is 17.7 Å². The Kier molecular flexibility index (Phi) is 15.4.